The smallest absolute Gasteiger partial charge is 0.126 e. The third-order valence-corrected chi connectivity index (χ3v) is 4.32. The first-order chi connectivity index (χ1) is 8.79. The van der Waals surface area contributed by atoms with Gasteiger partial charge >= 0.3 is 0 Å². The zero-order valence-electron chi connectivity index (χ0n) is 11.1. The molecule has 100 valence electrons. The van der Waals surface area contributed by atoms with Gasteiger partial charge < -0.3 is 11.1 Å². The lowest BCUT2D eigenvalue weighted by Crippen LogP contribution is -2.34. The molecule has 0 bridgehead atoms. The summed E-state index contributed by atoms with van der Waals surface area (Å²) in [5.41, 5.74) is 7.20. The van der Waals surface area contributed by atoms with Crippen LogP contribution in [0.1, 0.15) is 43.0 Å². The van der Waals surface area contributed by atoms with Crippen molar-refractivity contribution in [1.82, 2.24) is 5.32 Å². The Hall–Kier alpha value is -0.870. The van der Waals surface area contributed by atoms with Gasteiger partial charge in [0.15, 0.2) is 0 Å². The zero-order chi connectivity index (χ0) is 12.8. The van der Waals surface area contributed by atoms with Gasteiger partial charge in [-0.1, -0.05) is 13.3 Å². The molecule has 0 aliphatic carbocycles. The van der Waals surface area contributed by atoms with E-state index in [9.17, 15) is 0 Å². The first kappa shape index (κ1) is 13.6. The van der Waals surface area contributed by atoms with Gasteiger partial charge in [-0.05, 0) is 38.3 Å². The van der Waals surface area contributed by atoms with E-state index in [1.165, 1.54) is 30.6 Å². The number of hydrogen-bond acceptors (Lipinski definition) is 3. The number of nitrogens with one attached hydrogen (secondary N) is 1. The van der Waals surface area contributed by atoms with Crippen molar-refractivity contribution in [2.75, 3.05) is 13.1 Å². The van der Waals surface area contributed by atoms with Crippen LogP contribution in [-0.4, -0.2) is 25.0 Å². The van der Waals surface area contributed by atoms with Crippen LogP contribution in [0.5, 0.6) is 0 Å². The molecule has 1 aromatic rings. The number of aliphatic imine (C=N–C) groups is 1. The largest absolute Gasteiger partial charge is 0.383 e. The summed E-state index contributed by atoms with van der Waals surface area (Å²) >= 11 is 1.80. The number of nitrogens with zero attached hydrogens (tertiary/aromatic N) is 1. The molecule has 1 unspecified atom stereocenters. The number of piperidine rings is 1. The van der Waals surface area contributed by atoms with Crippen molar-refractivity contribution in [3.05, 3.63) is 21.9 Å². The van der Waals surface area contributed by atoms with E-state index in [4.69, 9.17) is 5.73 Å². The predicted octanol–water partition coefficient (Wildman–Crippen LogP) is 2.55. The summed E-state index contributed by atoms with van der Waals surface area (Å²) < 4.78 is 0. The van der Waals surface area contributed by atoms with Crippen LogP contribution in [0.3, 0.4) is 0 Å². The first-order valence-electron chi connectivity index (χ1n) is 6.91. The molecule has 1 atom stereocenters. The number of hydrogen-bond donors (Lipinski definition) is 2. The summed E-state index contributed by atoms with van der Waals surface area (Å²) in [6, 6.07) is 2.56. The predicted molar refractivity (Wildman–Crippen MR) is 79.5 cm³/mol. The molecular formula is C14H23N3S. The van der Waals surface area contributed by atoms with Crippen LogP contribution in [-0.2, 0) is 6.42 Å². The summed E-state index contributed by atoms with van der Waals surface area (Å²) in [5, 5.41) is 5.50. The Morgan fingerprint density at radius 2 is 2.50 bits per heavy atom. The topological polar surface area (TPSA) is 50.4 Å². The van der Waals surface area contributed by atoms with Crippen molar-refractivity contribution in [2.24, 2.45) is 10.7 Å². The van der Waals surface area contributed by atoms with Gasteiger partial charge in [-0.3, -0.25) is 4.99 Å². The Labute approximate surface area is 114 Å². The third kappa shape index (κ3) is 3.82. The highest BCUT2D eigenvalue weighted by atomic mass is 32.1. The fourth-order valence-electron chi connectivity index (χ4n) is 2.21. The number of nitrogens with two attached hydrogens (primary N) is 1. The van der Waals surface area contributed by atoms with Gasteiger partial charge in [-0.2, -0.15) is 0 Å². The highest BCUT2D eigenvalue weighted by Crippen LogP contribution is 2.17. The number of aryl methyl sites for hydroxylation is 1. The molecule has 4 heteroatoms. The second-order valence-electron chi connectivity index (χ2n) is 4.92. The number of rotatable bonds is 5. The average Bonchev–Trinajstić information content (AvgIpc) is 2.86. The van der Waals surface area contributed by atoms with E-state index in [1.807, 2.05) is 0 Å². The van der Waals surface area contributed by atoms with Gasteiger partial charge in [0, 0.05) is 22.4 Å². The lowest BCUT2D eigenvalue weighted by molar-refractivity contribution is 0.461. The van der Waals surface area contributed by atoms with E-state index in [2.05, 4.69) is 28.7 Å². The van der Waals surface area contributed by atoms with Crippen molar-refractivity contribution in [3.63, 3.8) is 0 Å². The molecule has 0 saturated carbocycles. The fraction of sp³-hybridized carbons (Fsp3) is 0.643. The Morgan fingerprint density at radius 3 is 3.22 bits per heavy atom. The molecule has 2 rings (SSSR count). The van der Waals surface area contributed by atoms with Crippen molar-refractivity contribution in [1.29, 1.82) is 0 Å². The highest BCUT2D eigenvalue weighted by Gasteiger charge is 2.12. The Kier molecular flexibility index (Phi) is 5.20. The maximum atomic E-state index is 6.10. The number of amidine groups is 1. The van der Waals surface area contributed by atoms with E-state index in [1.54, 1.807) is 11.3 Å². The van der Waals surface area contributed by atoms with E-state index < -0.39 is 0 Å². The van der Waals surface area contributed by atoms with Crippen molar-refractivity contribution < 1.29 is 0 Å². The van der Waals surface area contributed by atoms with Crippen molar-refractivity contribution in [3.8, 4) is 0 Å². The SMILES string of the molecule is CCCCc1cc(C(N)=NC2CCCNC2)cs1. The van der Waals surface area contributed by atoms with Crippen LogP contribution in [0.4, 0.5) is 0 Å². The molecule has 1 aliphatic rings. The Balaban J connectivity index is 1.96. The van der Waals surface area contributed by atoms with Gasteiger partial charge in [0.25, 0.3) is 0 Å². The monoisotopic (exact) mass is 265 g/mol. The molecular weight excluding hydrogens is 242 g/mol. The van der Waals surface area contributed by atoms with Crippen LogP contribution in [0.25, 0.3) is 0 Å². The molecule has 1 fully saturated rings. The molecule has 1 aliphatic heterocycles. The minimum Gasteiger partial charge on any atom is -0.383 e. The fourth-order valence-corrected chi connectivity index (χ4v) is 3.14. The van der Waals surface area contributed by atoms with Crippen molar-refractivity contribution in [2.45, 2.75) is 45.1 Å². The lowest BCUT2D eigenvalue weighted by atomic mass is 10.1. The van der Waals surface area contributed by atoms with E-state index in [0.717, 1.165) is 25.1 Å². The lowest BCUT2D eigenvalue weighted by Gasteiger charge is -2.19. The molecule has 0 amide bonds. The summed E-state index contributed by atoms with van der Waals surface area (Å²) in [6.07, 6.45) is 6.01. The molecule has 0 radical (unpaired) electrons. The molecule has 18 heavy (non-hydrogen) atoms. The summed E-state index contributed by atoms with van der Waals surface area (Å²) in [7, 11) is 0. The van der Waals surface area contributed by atoms with Gasteiger partial charge in [0.05, 0.1) is 6.04 Å². The summed E-state index contributed by atoms with van der Waals surface area (Å²) in [4.78, 5) is 6.06. The molecule has 2 heterocycles. The van der Waals surface area contributed by atoms with E-state index >= 15 is 0 Å². The molecule has 0 aromatic carbocycles. The highest BCUT2D eigenvalue weighted by molar-refractivity contribution is 7.10. The van der Waals surface area contributed by atoms with Crippen LogP contribution in [0, 0.1) is 0 Å². The van der Waals surface area contributed by atoms with Crippen LogP contribution < -0.4 is 11.1 Å². The van der Waals surface area contributed by atoms with Gasteiger partial charge in [-0.25, -0.2) is 0 Å². The third-order valence-electron chi connectivity index (χ3n) is 3.32. The first-order valence-corrected chi connectivity index (χ1v) is 7.79. The second kappa shape index (κ2) is 6.90. The molecule has 3 N–H and O–H groups in total. The van der Waals surface area contributed by atoms with Crippen LogP contribution >= 0.6 is 11.3 Å². The number of unbranched alkanes of at least 4 members (excludes halogenated alkanes) is 1. The minimum atomic E-state index is 0.359. The maximum absolute atomic E-state index is 6.10. The second-order valence-corrected chi connectivity index (χ2v) is 5.92. The zero-order valence-corrected chi connectivity index (χ0v) is 11.9. The molecule has 1 saturated heterocycles. The summed E-state index contributed by atoms with van der Waals surface area (Å²) in [6.45, 7) is 4.31. The normalized spacial score (nSPS) is 21.2. The average molecular weight is 265 g/mol. The maximum Gasteiger partial charge on any atom is 0.126 e. The van der Waals surface area contributed by atoms with Crippen LogP contribution in [0.2, 0.25) is 0 Å². The molecule has 1 aromatic heterocycles. The van der Waals surface area contributed by atoms with Crippen LogP contribution in [0.15, 0.2) is 16.4 Å². The minimum absolute atomic E-state index is 0.359. The number of thiophene rings is 1. The van der Waals surface area contributed by atoms with Crippen molar-refractivity contribution >= 4 is 17.2 Å². The molecule has 0 spiro atoms. The van der Waals surface area contributed by atoms with Gasteiger partial charge in [0.2, 0.25) is 0 Å². The molecule has 3 nitrogen and oxygen atoms in total. The van der Waals surface area contributed by atoms with E-state index in [-0.39, 0.29) is 0 Å². The summed E-state index contributed by atoms with van der Waals surface area (Å²) in [5.74, 6) is 0.711. The van der Waals surface area contributed by atoms with Gasteiger partial charge in [-0.15, -0.1) is 11.3 Å². The van der Waals surface area contributed by atoms with E-state index in [0.29, 0.717) is 11.9 Å². The quantitative estimate of drug-likeness (QED) is 0.635. The standard InChI is InChI=1S/C14H23N3S/c1-2-3-6-13-8-11(10-18-13)14(15)17-12-5-4-7-16-9-12/h8,10,12,16H,2-7,9H2,1H3,(H2,15,17). The Morgan fingerprint density at radius 1 is 1.61 bits per heavy atom. The Bertz CT molecular complexity index is 391. The van der Waals surface area contributed by atoms with Gasteiger partial charge in [0.1, 0.15) is 5.84 Å².